The standard InChI is InChI=1S/C15H18N2O2S2/c1-11-13(21-15(20)16-11)9-14(19)17(7-8-18)10-12-5-3-2-4-6-12/h2-6,18H,7-10H2,1H3,(H,16,20). The molecule has 0 saturated carbocycles. The van der Waals surface area contributed by atoms with Gasteiger partial charge in [-0.1, -0.05) is 30.3 Å². The summed E-state index contributed by atoms with van der Waals surface area (Å²) in [6.45, 7) is 2.72. The molecular weight excluding hydrogens is 304 g/mol. The van der Waals surface area contributed by atoms with Gasteiger partial charge in [-0.05, 0) is 24.7 Å². The van der Waals surface area contributed by atoms with E-state index in [4.69, 9.17) is 12.2 Å². The first kappa shape index (κ1) is 15.9. The van der Waals surface area contributed by atoms with Crippen LogP contribution in [0.4, 0.5) is 0 Å². The molecule has 1 heterocycles. The summed E-state index contributed by atoms with van der Waals surface area (Å²) in [7, 11) is 0. The third-order valence-electron chi connectivity index (χ3n) is 3.17. The predicted octanol–water partition coefficient (Wildman–Crippen LogP) is 2.68. The molecule has 0 aliphatic rings. The van der Waals surface area contributed by atoms with Crippen molar-refractivity contribution in [1.82, 2.24) is 9.88 Å². The van der Waals surface area contributed by atoms with Gasteiger partial charge in [-0.2, -0.15) is 0 Å². The van der Waals surface area contributed by atoms with Crippen LogP contribution in [0, 0.1) is 10.9 Å². The Balaban J connectivity index is 2.08. The number of aromatic amines is 1. The molecule has 1 amide bonds. The number of aryl methyl sites for hydroxylation is 1. The molecule has 2 aromatic rings. The average Bonchev–Trinajstić information content (AvgIpc) is 2.77. The third-order valence-corrected chi connectivity index (χ3v) is 4.51. The van der Waals surface area contributed by atoms with E-state index in [1.165, 1.54) is 11.3 Å². The first-order valence-corrected chi connectivity index (χ1v) is 7.93. The third kappa shape index (κ3) is 4.49. The lowest BCUT2D eigenvalue weighted by atomic mass is 10.2. The fraction of sp³-hybridized carbons (Fsp3) is 0.333. The Morgan fingerprint density at radius 2 is 2.10 bits per heavy atom. The summed E-state index contributed by atoms with van der Waals surface area (Å²) in [5, 5.41) is 9.17. The van der Waals surface area contributed by atoms with Crippen molar-refractivity contribution >= 4 is 29.5 Å². The maximum atomic E-state index is 12.4. The van der Waals surface area contributed by atoms with Crippen LogP contribution < -0.4 is 0 Å². The number of hydrogen-bond donors (Lipinski definition) is 2. The summed E-state index contributed by atoms with van der Waals surface area (Å²) in [5.74, 6) is 0.00116. The van der Waals surface area contributed by atoms with Crippen LogP contribution in [-0.2, 0) is 17.8 Å². The number of hydrogen-bond acceptors (Lipinski definition) is 4. The molecule has 4 nitrogen and oxygen atoms in total. The number of aromatic nitrogens is 1. The van der Waals surface area contributed by atoms with Crippen molar-refractivity contribution in [2.24, 2.45) is 0 Å². The van der Waals surface area contributed by atoms with Crippen LogP contribution in [0.5, 0.6) is 0 Å². The van der Waals surface area contributed by atoms with Gasteiger partial charge in [-0.3, -0.25) is 4.79 Å². The predicted molar refractivity (Wildman–Crippen MR) is 86.9 cm³/mol. The van der Waals surface area contributed by atoms with E-state index < -0.39 is 0 Å². The number of aliphatic hydroxyl groups excluding tert-OH is 1. The monoisotopic (exact) mass is 322 g/mol. The summed E-state index contributed by atoms with van der Waals surface area (Å²) in [6.07, 6.45) is 0.316. The van der Waals surface area contributed by atoms with Crippen LogP contribution in [0.25, 0.3) is 0 Å². The topological polar surface area (TPSA) is 56.3 Å². The Hall–Kier alpha value is -1.50. The maximum absolute atomic E-state index is 12.4. The molecule has 2 N–H and O–H groups in total. The van der Waals surface area contributed by atoms with E-state index in [2.05, 4.69) is 4.98 Å². The molecule has 0 radical (unpaired) electrons. The summed E-state index contributed by atoms with van der Waals surface area (Å²) in [6, 6.07) is 9.78. The summed E-state index contributed by atoms with van der Waals surface area (Å²) < 4.78 is 0.687. The Morgan fingerprint density at radius 3 is 2.67 bits per heavy atom. The molecule has 0 unspecified atom stereocenters. The van der Waals surface area contributed by atoms with Crippen molar-refractivity contribution in [3.8, 4) is 0 Å². The number of nitrogens with one attached hydrogen (secondary N) is 1. The van der Waals surface area contributed by atoms with Gasteiger partial charge in [0.05, 0.1) is 13.0 Å². The molecule has 0 aliphatic heterocycles. The van der Waals surface area contributed by atoms with Crippen LogP contribution in [0.3, 0.4) is 0 Å². The van der Waals surface area contributed by atoms with Gasteiger partial charge >= 0.3 is 0 Å². The SMILES string of the molecule is Cc1[nH]c(=S)sc1CC(=O)N(CCO)Cc1ccccc1. The minimum atomic E-state index is -0.0413. The fourth-order valence-electron chi connectivity index (χ4n) is 2.07. The van der Waals surface area contributed by atoms with Gasteiger partial charge in [-0.15, -0.1) is 11.3 Å². The van der Waals surface area contributed by atoms with Crippen molar-refractivity contribution in [3.63, 3.8) is 0 Å². The fourth-order valence-corrected chi connectivity index (χ4v) is 3.35. The lowest BCUT2D eigenvalue weighted by molar-refractivity contribution is -0.131. The van der Waals surface area contributed by atoms with Gasteiger partial charge in [0.15, 0.2) is 3.95 Å². The molecule has 112 valence electrons. The highest BCUT2D eigenvalue weighted by Crippen LogP contribution is 2.17. The quantitative estimate of drug-likeness (QED) is 0.804. The second-order valence-corrected chi connectivity index (χ2v) is 6.54. The normalized spacial score (nSPS) is 10.6. The summed E-state index contributed by atoms with van der Waals surface area (Å²) >= 11 is 6.53. The van der Waals surface area contributed by atoms with Gasteiger partial charge in [0.25, 0.3) is 0 Å². The molecule has 2 rings (SSSR count). The van der Waals surface area contributed by atoms with Gasteiger partial charge < -0.3 is 15.0 Å². The molecule has 0 fully saturated rings. The lowest BCUT2D eigenvalue weighted by Crippen LogP contribution is -2.34. The molecule has 0 spiro atoms. The Kier molecular flexibility index (Phi) is 5.67. The van der Waals surface area contributed by atoms with E-state index in [1.54, 1.807) is 4.90 Å². The number of nitrogens with zero attached hydrogens (tertiary/aromatic N) is 1. The largest absolute Gasteiger partial charge is 0.395 e. The van der Waals surface area contributed by atoms with E-state index in [9.17, 15) is 9.90 Å². The highest BCUT2D eigenvalue weighted by atomic mass is 32.1. The van der Waals surface area contributed by atoms with Gasteiger partial charge in [0, 0.05) is 23.7 Å². The second kappa shape index (κ2) is 7.49. The van der Waals surface area contributed by atoms with Crippen molar-refractivity contribution in [2.45, 2.75) is 19.9 Å². The van der Waals surface area contributed by atoms with Gasteiger partial charge in [0.2, 0.25) is 5.91 Å². The summed E-state index contributed by atoms with van der Waals surface area (Å²) in [4.78, 5) is 18.1. The Morgan fingerprint density at radius 1 is 1.38 bits per heavy atom. The minimum Gasteiger partial charge on any atom is -0.395 e. The molecule has 0 atom stereocenters. The van der Waals surface area contributed by atoms with E-state index >= 15 is 0 Å². The average molecular weight is 322 g/mol. The molecule has 0 aliphatic carbocycles. The first-order valence-electron chi connectivity index (χ1n) is 6.71. The number of aliphatic hydroxyl groups is 1. The zero-order valence-corrected chi connectivity index (χ0v) is 13.5. The number of rotatable bonds is 6. The lowest BCUT2D eigenvalue weighted by Gasteiger charge is -2.21. The van der Waals surface area contributed by atoms with Crippen LogP contribution in [0.15, 0.2) is 30.3 Å². The molecule has 1 aromatic heterocycles. The molecule has 1 aromatic carbocycles. The minimum absolute atomic E-state index is 0.00116. The maximum Gasteiger partial charge on any atom is 0.228 e. The molecule has 0 bridgehead atoms. The Bertz CT molecular complexity index is 649. The number of thiazole rings is 1. The molecular formula is C15H18N2O2S2. The van der Waals surface area contributed by atoms with Crippen molar-refractivity contribution in [3.05, 3.63) is 50.4 Å². The molecule has 0 saturated heterocycles. The number of carbonyl (C=O) groups excluding carboxylic acids is 1. The zero-order valence-electron chi connectivity index (χ0n) is 11.8. The second-order valence-electron chi connectivity index (χ2n) is 4.76. The van der Waals surface area contributed by atoms with Gasteiger partial charge in [0.1, 0.15) is 0 Å². The number of H-pyrrole nitrogens is 1. The Labute approximate surface area is 133 Å². The van der Waals surface area contributed by atoms with Crippen LogP contribution >= 0.6 is 23.6 Å². The van der Waals surface area contributed by atoms with E-state index in [0.29, 0.717) is 23.5 Å². The van der Waals surface area contributed by atoms with Crippen LogP contribution in [-0.4, -0.2) is 34.0 Å². The molecule has 6 heteroatoms. The number of amides is 1. The van der Waals surface area contributed by atoms with E-state index in [1.807, 2.05) is 37.3 Å². The van der Waals surface area contributed by atoms with Crippen molar-refractivity contribution in [1.29, 1.82) is 0 Å². The molecule has 21 heavy (non-hydrogen) atoms. The first-order chi connectivity index (χ1) is 10.1. The zero-order chi connectivity index (χ0) is 15.2. The van der Waals surface area contributed by atoms with Crippen LogP contribution in [0.1, 0.15) is 16.1 Å². The number of carbonyl (C=O) groups is 1. The highest BCUT2D eigenvalue weighted by Gasteiger charge is 2.16. The van der Waals surface area contributed by atoms with Crippen molar-refractivity contribution in [2.75, 3.05) is 13.2 Å². The van der Waals surface area contributed by atoms with E-state index in [0.717, 1.165) is 16.1 Å². The van der Waals surface area contributed by atoms with Crippen LogP contribution in [0.2, 0.25) is 0 Å². The van der Waals surface area contributed by atoms with Crippen molar-refractivity contribution < 1.29 is 9.90 Å². The summed E-state index contributed by atoms with van der Waals surface area (Å²) in [5.41, 5.74) is 2.00. The van der Waals surface area contributed by atoms with E-state index in [-0.39, 0.29) is 12.5 Å². The number of benzene rings is 1. The smallest absolute Gasteiger partial charge is 0.228 e. The van der Waals surface area contributed by atoms with Gasteiger partial charge in [-0.25, -0.2) is 0 Å². The highest BCUT2D eigenvalue weighted by molar-refractivity contribution is 7.73.